The fourth-order valence-corrected chi connectivity index (χ4v) is 2.94. The van der Waals surface area contributed by atoms with Gasteiger partial charge in [-0.15, -0.1) is 0 Å². The average molecular weight is 357 g/mol. The third kappa shape index (κ3) is 7.18. The van der Waals surface area contributed by atoms with Gasteiger partial charge >= 0.3 is 0 Å². The number of hydrogen-bond acceptors (Lipinski definition) is 5. The first-order chi connectivity index (χ1) is 11.2. The monoisotopic (exact) mass is 357 g/mol. The van der Waals surface area contributed by atoms with Crippen molar-refractivity contribution in [3.8, 4) is 5.75 Å². The van der Waals surface area contributed by atoms with Crippen LogP contribution in [0.15, 0.2) is 24.3 Å². The van der Waals surface area contributed by atoms with Gasteiger partial charge in [0.25, 0.3) is 0 Å². The van der Waals surface area contributed by atoms with Crippen LogP contribution in [0.2, 0.25) is 0 Å². The molecule has 0 aliphatic heterocycles. The van der Waals surface area contributed by atoms with Crippen molar-refractivity contribution in [2.75, 3.05) is 50.9 Å². The zero-order valence-corrected chi connectivity index (χ0v) is 15.6. The van der Waals surface area contributed by atoms with Gasteiger partial charge in [0.2, 0.25) is 15.9 Å². The quantitative estimate of drug-likeness (QED) is 0.630. The predicted molar refractivity (Wildman–Crippen MR) is 96.0 cm³/mol. The Balaban J connectivity index is 2.71. The van der Waals surface area contributed by atoms with Gasteiger partial charge in [0, 0.05) is 6.54 Å². The molecule has 0 spiro atoms. The first-order valence-corrected chi connectivity index (χ1v) is 9.71. The number of hydrogen-bond donors (Lipinski definition) is 1. The highest BCUT2D eigenvalue weighted by molar-refractivity contribution is 7.92. The van der Waals surface area contributed by atoms with Crippen molar-refractivity contribution in [2.24, 2.45) is 0 Å². The Kier molecular flexibility index (Phi) is 8.00. The van der Waals surface area contributed by atoms with Crippen LogP contribution < -0.4 is 14.4 Å². The van der Waals surface area contributed by atoms with Gasteiger partial charge in [-0.2, -0.15) is 0 Å². The van der Waals surface area contributed by atoms with E-state index in [0.717, 1.165) is 23.5 Å². The topological polar surface area (TPSA) is 79.0 Å². The first-order valence-electron chi connectivity index (χ1n) is 7.86. The number of nitrogens with zero attached hydrogens (tertiary/aromatic N) is 2. The molecule has 0 fully saturated rings. The number of anilines is 1. The van der Waals surface area contributed by atoms with Crippen LogP contribution in [0.4, 0.5) is 5.69 Å². The Morgan fingerprint density at radius 3 is 2.33 bits per heavy atom. The van der Waals surface area contributed by atoms with Gasteiger partial charge in [0.05, 0.1) is 18.6 Å². The van der Waals surface area contributed by atoms with E-state index in [9.17, 15) is 13.2 Å². The van der Waals surface area contributed by atoms with Gasteiger partial charge in [-0.1, -0.05) is 0 Å². The SMILES string of the molecule is CCOc1ccc(N(CC(=O)NCCCN(C)C)S(C)(=O)=O)cc1. The lowest BCUT2D eigenvalue weighted by Crippen LogP contribution is -2.41. The molecule has 0 bridgehead atoms. The van der Waals surface area contributed by atoms with Crippen molar-refractivity contribution in [2.45, 2.75) is 13.3 Å². The molecule has 0 saturated heterocycles. The van der Waals surface area contributed by atoms with Gasteiger partial charge in [0.15, 0.2) is 0 Å². The molecule has 0 heterocycles. The lowest BCUT2D eigenvalue weighted by atomic mass is 10.3. The predicted octanol–water partition coefficient (Wildman–Crippen LogP) is 0.919. The molecule has 0 unspecified atom stereocenters. The molecular weight excluding hydrogens is 330 g/mol. The molecule has 0 aliphatic rings. The number of rotatable bonds is 10. The maximum atomic E-state index is 12.0. The molecule has 0 saturated carbocycles. The summed E-state index contributed by atoms with van der Waals surface area (Å²) in [6.45, 7) is 3.53. The summed E-state index contributed by atoms with van der Waals surface area (Å²) in [5, 5.41) is 2.75. The molecule has 1 N–H and O–H groups in total. The Labute approximate surface area is 144 Å². The van der Waals surface area contributed by atoms with Crippen molar-refractivity contribution in [3.63, 3.8) is 0 Å². The molecule has 7 nitrogen and oxygen atoms in total. The second-order valence-corrected chi connectivity index (χ2v) is 7.61. The van der Waals surface area contributed by atoms with E-state index in [1.807, 2.05) is 25.9 Å². The Bertz CT molecular complexity index is 615. The van der Waals surface area contributed by atoms with Crippen LogP contribution in [0.1, 0.15) is 13.3 Å². The Hall–Kier alpha value is -1.80. The fraction of sp³-hybridized carbons (Fsp3) is 0.562. The van der Waals surface area contributed by atoms with E-state index >= 15 is 0 Å². The number of nitrogens with one attached hydrogen (secondary N) is 1. The van der Waals surface area contributed by atoms with Crippen molar-refractivity contribution in [1.29, 1.82) is 0 Å². The van der Waals surface area contributed by atoms with E-state index in [0.29, 0.717) is 24.6 Å². The highest BCUT2D eigenvalue weighted by Crippen LogP contribution is 2.21. The van der Waals surface area contributed by atoms with Crippen LogP contribution in [0.25, 0.3) is 0 Å². The zero-order chi connectivity index (χ0) is 18.2. The number of ether oxygens (including phenoxy) is 1. The van der Waals surface area contributed by atoms with Gasteiger partial charge < -0.3 is 15.0 Å². The Morgan fingerprint density at radius 1 is 1.21 bits per heavy atom. The first kappa shape index (κ1) is 20.2. The van der Waals surface area contributed by atoms with Crippen molar-refractivity contribution in [3.05, 3.63) is 24.3 Å². The molecule has 0 radical (unpaired) electrons. The maximum Gasteiger partial charge on any atom is 0.240 e. The third-order valence-corrected chi connectivity index (χ3v) is 4.37. The summed E-state index contributed by atoms with van der Waals surface area (Å²) in [4.78, 5) is 14.1. The van der Waals surface area contributed by atoms with Gasteiger partial charge in [-0.3, -0.25) is 9.10 Å². The van der Waals surface area contributed by atoms with E-state index in [-0.39, 0.29) is 12.5 Å². The van der Waals surface area contributed by atoms with Crippen LogP contribution in [-0.2, 0) is 14.8 Å². The largest absolute Gasteiger partial charge is 0.494 e. The van der Waals surface area contributed by atoms with Gasteiger partial charge in [-0.25, -0.2) is 8.42 Å². The normalized spacial score (nSPS) is 11.4. The fourth-order valence-electron chi connectivity index (χ4n) is 2.08. The van der Waals surface area contributed by atoms with Gasteiger partial charge in [0.1, 0.15) is 12.3 Å². The third-order valence-electron chi connectivity index (χ3n) is 3.23. The molecule has 24 heavy (non-hydrogen) atoms. The molecule has 136 valence electrons. The highest BCUT2D eigenvalue weighted by Gasteiger charge is 2.20. The van der Waals surface area contributed by atoms with Crippen LogP contribution >= 0.6 is 0 Å². The van der Waals surface area contributed by atoms with Crippen molar-refractivity contribution in [1.82, 2.24) is 10.2 Å². The number of benzene rings is 1. The number of sulfonamides is 1. The molecule has 1 aromatic rings. The van der Waals surface area contributed by atoms with E-state index in [1.54, 1.807) is 24.3 Å². The maximum absolute atomic E-state index is 12.0. The summed E-state index contributed by atoms with van der Waals surface area (Å²) in [7, 11) is 0.356. The number of amides is 1. The molecule has 0 aromatic heterocycles. The van der Waals surface area contributed by atoms with Crippen LogP contribution in [0.3, 0.4) is 0 Å². The summed E-state index contributed by atoms with van der Waals surface area (Å²) in [5.41, 5.74) is 0.435. The lowest BCUT2D eigenvalue weighted by Gasteiger charge is -2.22. The Morgan fingerprint density at radius 2 is 1.83 bits per heavy atom. The van der Waals surface area contributed by atoms with Crippen LogP contribution in [-0.4, -0.2) is 65.8 Å². The van der Waals surface area contributed by atoms with Crippen molar-refractivity contribution >= 4 is 21.6 Å². The molecule has 1 aromatic carbocycles. The summed E-state index contributed by atoms with van der Waals surface area (Å²) >= 11 is 0. The summed E-state index contributed by atoms with van der Waals surface area (Å²) < 4.78 is 30.4. The minimum Gasteiger partial charge on any atom is -0.494 e. The smallest absolute Gasteiger partial charge is 0.240 e. The second-order valence-electron chi connectivity index (χ2n) is 5.70. The van der Waals surface area contributed by atoms with Crippen molar-refractivity contribution < 1.29 is 17.9 Å². The minimum atomic E-state index is -3.56. The molecule has 8 heteroatoms. The highest BCUT2D eigenvalue weighted by atomic mass is 32.2. The van der Waals surface area contributed by atoms with Crippen LogP contribution in [0, 0.1) is 0 Å². The van der Waals surface area contributed by atoms with E-state index in [4.69, 9.17) is 4.74 Å². The standard InChI is InChI=1S/C16H27N3O4S/c1-5-23-15-9-7-14(8-10-15)19(24(4,21)22)13-16(20)17-11-6-12-18(2)3/h7-10H,5-6,11-13H2,1-4H3,(H,17,20). The molecule has 1 rings (SSSR count). The minimum absolute atomic E-state index is 0.241. The summed E-state index contributed by atoms with van der Waals surface area (Å²) in [5.74, 6) is 0.330. The van der Waals surface area contributed by atoms with Crippen LogP contribution in [0.5, 0.6) is 5.75 Å². The number of carbonyl (C=O) groups is 1. The summed E-state index contributed by atoms with van der Waals surface area (Å²) in [6, 6.07) is 6.63. The molecule has 0 aliphatic carbocycles. The van der Waals surface area contributed by atoms with E-state index in [1.165, 1.54) is 0 Å². The molecule has 0 atom stereocenters. The number of carbonyl (C=O) groups excluding carboxylic acids is 1. The molecule has 1 amide bonds. The second kappa shape index (κ2) is 9.48. The van der Waals surface area contributed by atoms with E-state index < -0.39 is 10.0 Å². The summed E-state index contributed by atoms with van der Waals surface area (Å²) in [6.07, 6.45) is 1.89. The lowest BCUT2D eigenvalue weighted by molar-refractivity contribution is -0.119. The average Bonchev–Trinajstić information content (AvgIpc) is 2.49. The van der Waals surface area contributed by atoms with Gasteiger partial charge in [-0.05, 0) is 58.3 Å². The zero-order valence-electron chi connectivity index (χ0n) is 14.8. The molecular formula is C16H27N3O4S. The van der Waals surface area contributed by atoms with E-state index in [2.05, 4.69) is 5.32 Å².